The van der Waals surface area contributed by atoms with E-state index in [1.165, 1.54) is 7.11 Å². The van der Waals surface area contributed by atoms with Gasteiger partial charge in [0.2, 0.25) is 0 Å². The van der Waals surface area contributed by atoms with Gasteiger partial charge in [0.1, 0.15) is 0 Å². The van der Waals surface area contributed by atoms with E-state index < -0.39 is 5.97 Å². The second-order valence-corrected chi connectivity index (χ2v) is 6.53. The Morgan fingerprint density at radius 3 is 3.05 bits per heavy atom. The molecule has 2 aliphatic rings. The Morgan fingerprint density at radius 2 is 2.35 bits per heavy atom. The maximum Gasteiger partial charge on any atom is 0.336 e. The van der Waals surface area contributed by atoms with E-state index in [0.29, 0.717) is 17.6 Å². The maximum atomic E-state index is 12.3. The molecule has 104 valence electrons. The van der Waals surface area contributed by atoms with E-state index in [9.17, 15) is 9.59 Å². The molecular formula is C14H13NO3S2. The molecule has 1 N–H and O–H groups in total. The van der Waals surface area contributed by atoms with E-state index in [1.54, 1.807) is 29.3 Å². The van der Waals surface area contributed by atoms with E-state index in [4.69, 9.17) is 4.74 Å². The van der Waals surface area contributed by atoms with Crippen molar-refractivity contribution in [2.45, 2.75) is 12.3 Å². The van der Waals surface area contributed by atoms with Gasteiger partial charge < -0.3 is 10.1 Å². The second-order valence-electron chi connectivity index (χ2n) is 4.45. The monoisotopic (exact) mass is 307 g/mol. The summed E-state index contributed by atoms with van der Waals surface area (Å²) in [5, 5.41) is 5.89. The van der Waals surface area contributed by atoms with Gasteiger partial charge in [0.15, 0.2) is 5.78 Å². The highest BCUT2D eigenvalue weighted by atomic mass is 32.2. The first-order valence-electron chi connectivity index (χ1n) is 6.21. The third-order valence-corrected chi connectivity index (χ3v) is 5.30. The molecule has 0 saturated heterocycles. The molecule has 1 unspecified atom stereocenters. The Morgan fingerprint density at radius 1 is 1.50 bits per heavy atom. The van der Waals surface area contributed by atoms with Gasteiger partial charge in [-0.15, -0.1) is 23.1 Å². The van der Waals surface area contributed by atoms with Crippen LogP contribution in [0.2, 0.25) is 0 Å². The average Bonchev–Trinajstić information content (AvgIpc) is 2.99. The van der Waals surface area contributed by atoms with Crippen LogP contribution in [-0.4, -0.2) is 24.6 Å². The fraction of sp³-hybridized carbons (Fsp3) is 0.286. The largest absolute Gasteiger partial charge is 0.466 e. The molecular weight excluding hydrogens is 294 g/mol. The lowest BCUT2D eigenvalue weighted by molar-refractivity contribution is -0.136. The predicted octanol–water partition coefficient (Wildman–Crippen LogP) is 2.41. The first kappa shape index (κ1) is 13.5. The summed E-state index contributed by atoms with van der Waals surface area (Å²) in [6, 6.07) is 3.88. The molecule has 3 heterocycles. The van der Waals surface area contributed by atoms with Crippen molar-refractivity contribution in [3.05, 3.63) is 44.8 Å². The number of thioether (sulfide) groups is 1. The van der Waals surface area contributed by atoms with Crippen molar-refractivity contribution in [3.8, 4) is 0 Å². The van der Waals surface area contributed by atoms with Crippen LogP contribution in [0.25, 0.3) is 0 Å². The summed E-state index contributed by atoms with van der Waals surface area (Å²) in [4.78, 5) is 25.3. The molecule has 2 aliphatic heterocycles. The van der Waals surface area contributed by atoms with Gasteiger partial charge in [-0.3, -0.25) is 4.79 Å². The number of methoxy groups -OCH3 is 1. The van der Waals surface area contributed by atoms with Crippen molar-refractivity contribution < 1.29 is 14.3 Å². The van der Waals surface area contributed by atoms with Gasteiger partial charge in [-0.05, 0) is 11.4 Å². The predicted molar refractivity (Wildman–Crippen MR) is 79.4 cm³/mol. The van der Waals surface area contributed by atoms with Crippen molar-refractivity contribution in [2.24, 2.45) is 0 Å². The van der Waals surface area contributed by atoms with E-state index in [0.717, 1.165) is 15.7 Å². The minimum atomic E-state index is -0.397. The Hall–Kier alpha value is -1.53. The number of ketones is 1. The third kappa shape index (κ3) is 2.19. The van der Waals surface area contributed by atoms with Crippen LogP contribution in [0.4, 0.5) is 0 Å². The molecule has 4 nitrogen and oxygen atoms in total. The van der Waals surface area contributed by atoms with Crippen molar-refractivity contribution in [3.63, 3.8) is 0 Å². The van der Waals surface area contributed by atoms with Crippen LogP contribution in [0.5, 0.6) is 0 Å². The highest BCUT2D eigenvalue weighted by Gasteiger charge is 2.37. The summed E-state index contributed by atoms with van der Waals surface area (Å²) in [6.45, 7) is 0. The molecule has 0 amide bonds. The van der Waals surface area contributed by atoms with Gasteiger partial charge in [-0.1, -0.05) is 6.07 Å². The first-order chi connectivity index (χ1) is 9.72. The number of ether oxygens (including phenoxy) is 1. The summed E-state index contributed by atoms with van der Waals surface area (Å²) >= 11 is 3.18. The van der Waals surface area contributed by atoms with E-state index in [1.807, 2.05) is 17.5 Å². The van der Waals surface area contributed by atoms with E-state index in [2.05, 4.69) is 5.32 Å². The Labute approximate surface area is 124 Å². The molecule has 1 atom stereocenters. The van der Waals surface area contributed by atoms with Crippen LogP contribution in [0.1, 0.15) is 17.2 Å². The molecule has 0 spiro atoms. The molecule has 3 rings (SSSR count). The lowest BCUT2D eigenvalue weighted by Gasteiger charge is -2.30. The Bertz CT molecular complexity index is 616. The zero-order valence-corrected chi connectivity index (χ0v) is 12.5. The topological polar surface area (TPSA) is 55.4 Å². The number of rotatable bonds is 2. The second kappa shape index (κ2) is 5.46. The number of carbonyl (C=O) groups is 2. The zero-order valence-electron chi connectivity index (χ0n) is 10.8. The molecule has 0 fully saturated rings. The number of hydrogen-bond donors (Lipinski definition) is 1. The van der Waals surface area contributed by atoms with Crippen LogP contribution >= 0.6 is 23.1 Å². The SMILES string of the molecule is COC(=O)C1=CNC2=C(C(=O)CCS2)C1c1cccs1. The van der Waals surface area contributed by atoms with E-state index in [-0.39, 0.29) is 11.7 Å². The smallest absolute Gasteiger partial charge is 0.336 e. The third-order valence-electron chi connectivity index (χ3n) is 3.33. The van der Waals surface area contributed by atoms with Crippen LogP contribution < -0.4 is 5.32 Å². The zero-order chi connectivity index (χ0) is 14.1. The maximum absolute atomic E-state index is 12.3. The minimum absolute atomic E-state index is 0.110. The number of thiophene rings is 1. The summed E-state index contributed by atoms with van der Waals surface area (Å²) in [5.41, 5.74) is 1.19. The molecule has 0 bridgehead atoms. The van der Waals surface area contributed by atoms with Gasteiger partial charge in [-0.25, -0.2) is 4.79 Å². The van der Waals surface area contributed by atoms with Gasteiger partial charge in [-0.2, -0.15) is 0 Å². The number of Topliss-reactive ketones (excluding diaryl/α,β-unsaturated/α-hetero) is 1. The normalized spacial score (nSPS) is 21.9. The van der Waals surface area contributed by atoms with Crippen molar-refractivity contribution in [1.29, 1.82) is 0 Å². The van der Waals surface area contributed by atoms with Crippen LogP contribution in [0, 0.1) is 0 Å². The number of hydrogen-bond acceptors (Lipinski definition) is 6. The summed E-state index contributed by atoms with van der Waals surface area (Å²) < 4.78 is 4.85. The summed E-state index contributed by atoms with van der Waals surface area (Å²) in [7, 11) is 1.36. The molecule has 1 aromatic heterocycles. The highest BCUT2D eigenvalue weighted by molar-refractivity contribution is 8.03. The number of allylic oxidation sites excluding steroid dienone is 1. The molecule has 1 aromatic rings. The summed E-state index contributed by atoms with van der Waals surface area (Å²) in [6.07, 6.45) is 2.18. The van der Waals surface area contributed by atoms with Gasteiger partial charge >= 0.3 is 5.97 Å². The van der Waals surface area contributed by atoms with Gasteiger partial charge in [0.05, 0.1) is 23.6 Å². The van der Waals surface area contributed by atoms with Crippen molar-refractivity contribution >= 4 is 34.9 Å². The molecule has 6 heteroatoms. The van der Waals surface area contributed by atoms with E-state index >= 15 is 0 Å². The quantitative estimate of drug-likeness (QED) is 0.850. The number of nitrogens with one attached hydrogen (secondary N) is 1. The highest BCUT2D eigenvalue weighted by Crippen LogP contribution is 2.43. The lowest BCUT2D eigenvalue weighted by atomic mass is 9.85. The Balaban J connectivity index is 2.10. The lowest BCUT2D eigenvalue weighted by Crippen LogP contribution is -2.30. The van der Waals surface area contributed by atoms with Crippen LogP contribution in [-0.2, 0) is 14.3 Å². The number of esters is 1. The van der Waals surface area contributed by atoms with Crippen LogP contribution in [0.15, 0.2) is 39.9 Å². The van der Waals surface area contributed by atoms with Crippen molar-refractivity contribution in [2.75, 3.05) is 12.9 Å². The fourth-order valence-electron chi connectivity index (χ4n) is 2.42. The molecule has 20 heavy (non-hydrogen) atoms. The molecule has 0 aromatic carbocycles. The first-order valence-corrected chi connectivity index (χ1v) is 8.07. The van der Waals surface area contributed by atoms with Gasteiger partial charge in [0.25, 0.3) is 0 Å². The van der Waals surface area contributed by atoms with Crippen LogP contribution in [0.3, 0.4) is 0 Å². The summed E-state index contributed by atoms with van der Waals surface area (Å²) in [5.74, 6) is 0.187. The number of dihydropyridines is 1. The molecule has 0 saturated carbocycles. The molecule has 0 aliphatic carbocycles. The minimum Gasteiger partial charge on any atom is -0.466 e. The fourth-order valence-corrected chi connectivity index (χ4v) is 4.30. The average molecular weight is 307 g/mol. The molecule has 0 radical (unpaired) electrons. The van der Waals surface area contributed by atoms with Gasteiger partial charge in [0, 0.05) is 28.8 Å². The Kier molecular flexibility index (Phi) is 3.67. The van der Waals surface area contributed by atoms with Crippen molar-refractivity contribution in [1.82, 2.24) is 5.32 Å². The standard InChI is InChI=1S/C14H13NO3S2/c1-18-14(17)8-7-15-13-12(9(16)4-6-20-13)11(8)10-3-2-5-19-10/h2-3,5,7,11,15H,4,6H2,1H3. The number of carbonyl (C=O) groups excluding carboxylic acids is 2.